The summed E-state index contributed by atoms with van der Waals surface area (Å²) >= 11 is 0. The lowest BCUT2D eigenvalue weighted by molar-refractivity contribution is -0.136. The van der Waals surface area contributed by atoms with Gasteiger partial charge in [-0.1, -0.05) is 13.8 Å². The van der Waals surface area contributed by atoms with Crippen molar-refractivity contribution in [3.8, 4) is 0 Å². The van der Waals surface area contributed by atoms with Gasteiger partial charge in [0.05, 0.1) is 6.54 Å². The summed E-state index contributed by atoms with van der Waals surface area (Å²) in [7, 11) is 0. The zero-order valence-electron chi connectivity index (χ0n) is 9.33. The molecule has 0 atom stereocenters. The van der Waals surface area contributed by atoms with Crippen LogP contribution in [0.1, 0.15) is 25.4 Å². The van der Waals surface area contributed by atoms with E-state index in [0.717, 1.165) is 11.5 Å². The average molecular weight is 211 g/mol. The van der Waals surface area contributed by atoms with Crippen LogP contribution in [0.25, 0.3) is 0 Å². The van der Waals surface area contributed by atoms with Crippen molar-refractivity contribution >= 4 is 5.97 Å². The molecule has 0 aliphatic carbocycles. The number of rotatable bonds is 5. The Morgan fingerprint density at radius 1 is 1.53 bits per heavy atom. The Hall–Kier alpha value is -1.29. The van der Waals surface area contributed by atoms with Crippen molar-refractivity contribution in [2.45, 2.75) is 26.2 Å². The van der Waals surface area contributed by atoms with Crippen molar-refractivity contribution in [1.82, 2.24) is 5.32 Å². The topological polar surface area (TPSA) is 62.5 Å². The van der Waals surface area contributed by atoms with E-state index in [4.69, 9.17) is 9.52 Å². The zero-order valence-corrected chi connectivity index (χ0v) is 9.33. The Bertz CT molecular complexity index is 341. The molecule has 0 amide bonds. The third kappa shape index (κ3) is 3.40. The summed E-state index contributed by atoms with van der Waals surface area (Å²) in [6.07, 6.45) is 0. The minimum Gasteiger partial charge on any atom is -0.480 e. The van der Waals surface area contributed by atoms with Crippen molar-refractivity contribution < 1.29 is 14.3 Å². The second kappa shape index (κ2) is 4.49. The molecule has 1 rings (SSSR count). The van der Waals surface area contributed by atoms with Crippen LogP contribution in [0.2, 0.25) is 0 Å². The first kappa shape index (κ1) is 11.8. The zero-order chi connectivity index (χ0) is 11.5. The van der Waals surface area contributed by atoms with E-state index in [1.165, 1.54) is 0 Å². The fraction of sp³-hybridized carbons (Fsp3) is 0.545. The fourth-order valence-electron chi connectivity index (χ4n) is 1.37. The smallest absolute Gasteiger partial charge is 0.317 e. The molecular formula is C11H17NO3. The lowest BCUT2D eigenvalue weighted by Crippen LogP contribution is -2.35. The molecule has 4 heteroatoms. The highest BCUT2D eigenvalue weighted by atomic mass is 16.4. The molecule has 0 fully saturated rings. The van der Waals surface area contributed by atoms with Gasteiger partial charge in [0.2, 0.25) is 0 Å². The molecule has 0 saturated carbocycles. The first-order valence-corrected chi connectivity index (χ1v) is 4.91. The van der Waals surface area contributed by atoms with Crippen molar-refractivity contribution in [2.75, 3.05) is 13.1 Å². The summed E-state index contributed by atoms with van der Waals surface area (Å²) in [6, 6.07) is 3.84. The van der Waals surface area contributed by atoms with E-state index in [1.54, 1.807) is 0 Å². The number of carboxylic acid groups (broad SMARTS) is 1. The Balaban J connectivity index is 2.55. The lowest BCUT2D eigenvalue weighted by Gasteiger charge is -2.22. The molecule has 4 nitrogen and oxygen atoms in total. The third-order valence-corrected chi connectivity index (χ3v) is 2.25. The summed E-state index contributed by atoms with van der Waals surface area (Å²) in [5, 5.41) is 11.4. The molecule has 0 aliphatic heterocycles. The molecule has 1 heterocycles. The Labute approximate surface area is 89.3 Å². The van der Waals surface area contributed by atoms with E-state index in [2.05, 4.69) is 5.32 Å². The van der Waals surface area contributed by atoms with Gasteiger partial charge in [0.25, 0.3) is 0 Å². The van der Waals surface area contributed by atoms with Gasteiger partial charge in [-0.3, -0.25) is 4.79 Å². The largest absolute Gasteiger partial charge is 0.480 e. The molecular weight excluding hydrogens is 194 g/mol. The van der Waals surface area contributed by atoms with Crippen molar-refractivity contribution in [3.05, 3.63) is 23.7 Å². The lowest BCUT2D eigenvalue weighted by atomic mass is 9.90. The molecule has 15 heavy (non-hydrogen) atoms. The molecule has 0 saturated heterocycles. The van der Waals surface area contributed by atoms with Gasteiger partial charge in [0, 0.05) is 12.0 Å². The quantitative estimate of drug-likeness (QED) is 0.775. The number of aryl methyl sites for hydroxylation is 1. The van der Waals surface area contributed by atoms with Gasteiger partial charge in [0.15, 0.2) is 0 Å². The van der Waals surface area contributed by atoms with E-state index in [0.29, 0.717) is 6.54 Å². The normalized spacial score (nSPS) is 11.7. The van der Waals surface area contributed by atoms with Crippen LogP contribution < -0.4 is 5.32 Å². The average Bonchev–Trinajstić information content (AvgIpc) is 2.51. The Kier molecular flexibility index (Phi) is 3.52. The summed E-state index contributed by atoms with van der Waals surface area (Å²) in [5.41, 5.74) is -0.191. The van der Waals surface area contributed by atoms with Crippen LogP contribution in [0, 0.1) is 6.92 Å². The Morgan fingerprint density at radius 3 is 2.67 bits per heavy atom. The van der Waals surface area contributed by atoms with Gasteiger partial charge in [-0.05, 0) is 19.1 Å². The van der Waals surface area contributed by atoms with Gasteiger partial charge in [-0.15, -0.1) is 0 Å². The number of nitrogens with one attached hydrogen (secondary N) is 1. The maximum Gasteiger partial charge on any atom is 0.317 e. The number of carboxylic acids is 1. The van der Waals surface area contributed by atoms with Gasteiger partial charge < -0.3 is 14.8 Å². The molecule has 84 valence electrons. The molecule has 0 radical (unpaired) electrons. The maximum atomic E-state index is 10.3. The molecule has 0 spiro atoms. The molecule has 0 aromatic carbocycles. The summed E-state index contributed by atoms with van der Waals surface area (Å²) in [4.78, 5) is 10.3. The van der Waals surface area contributed by atoms with Crippen molar-refractivity contribution in [3.63, 3.8) is 0 Å². The highest BCUT2D eigenvalue weighted by Gasteiger charge is 2.23. The van der Waals surface area contributed by atoms with Crippen molar-refractivity contribution in [1.29, 1.82) is 0 Å². The number of hydrogen-bond acceptors (Lipinski definition) is 3. The molecule has 0 bridgehead atoms. The van der Waals surface area contributed by atoms with Crippen LogP contribution >= 0.6 is 0 Å². The monoisotopic (exact) mass is 211 g/mol. The fourth-order valence-corrected chi connectivity index (χ4v) is 1.37. The standard InChI is InChI=1S/C11H17NO3/c1-8-4-5-9(15-8)11(2,3)7-12-6-10(13)14/h4-5,12H,6-7H2,1-3H3,(H,13,14). The van der Waals surface area contributed by atoms with Gasteiger partial charge in [-0.25, -0.2) is 0 Å². The van der Waals surface area contributed by atoms with Gasteiger partial charge in [-0.2, -0.15) is 0 Å². The van der Waals surface area contributed by atoms with Crippen molar-refractivity contribution in [2.24, 2.45) is 0 Å². The summed E-state index contributed by atoms with van der Waals surface area (Å²) in [5.74, 6) is 0.899. The van der Waals surface area contributed by atoms with Crippen LogP contribution in [-0.2, 0) is 10.2 Å². The summed E-state index contributed by atoms with van der Waals surface area (Å²) in [6.45, 7) is 6.47. The van der Waals surface area contributed by atoms with Crippen LogP contribution in [0.5, 0.6) is 0 Å². The number of hydrogen-bond donors (Lipinski definition) is 2. The summed E-state index contributed by atoms with van der Waals surface area (Å²) < 4.78 is 5.52. The second-order valence-corrected chi connectivity index (χ2v) is 4.29. The van der Waals surface area contributed by atoms with Gasteiger partial charge >= 0.3 is 5.97 Å². The van der Waals surface area contributed by atoms with E-state index in [1.807, 2.05) is 32.9 Å². The number of carbonyl (C=O) groups is 1. The number of aliphatic carboxylic acids is 1. The van der Waals surface area contributed by atoms with Crippen LogP contribution in [0.4, 0.5) is 0 Å². The third-order valence-electron chi connectivity index (χ3n) is 2.25. The molecule has 0 unspecified atom stereocenters. The first-order valence-electron chi connectivity index (χ1n) is 4.91. The second-order valence-electron chi connectivity index (χ2n) is 4.29. The first-order chi connectivity index (χ1) is 6.92. The Morgan fingerprint density at radius 2 is 2.20 bits per heavy atom. The van der Waals surface area contributed by atoms with E-state index >= 15 is 0 Å². The molecule has 1 aromatic heterocycles. The SMILES string of the molecule is Cc1ccc(C(C)(C)CNCC(=O)O)o1. The molecule has 1 aromatic rings. The minimum atomic E-state index is -0.846. The predicted molar refractivity (Wildman–Crippen MR) is 57.0 cm³/mol. The maximum absolute atomic E-state index is 10.3. The van der Waals surface area contributed by atoms with Crippen LogP contribution in [0.3, 0.4) is 0 Å². The molecule has 2 N–H and O–H groups in total. The van der Waals surface area contributed by atoms with E-state index < -0.39 is 5.97 Å². The predicted octanol–water partition coefficient (Wildman–Crippen LogP) is 1.54. The van der Waals surface area contributed by atoms with E-state index in [-0.39, 0.29) is 12.0 Å². The van der Waals surface area contributed by atoms with Gasteiger partial charge in [0.1, 0.15) is 11.5 Å². The van der Waals surface area contributed by atoms with E-state index in [9.17, 15) is 4.79 Å². The number of furan rings is 1. The highest BCUT2D eigenvalue weighted by Crippen LogP contribution is 2.24. The van der Waals surface area contributed by atoms with Crippen LogP contribution in [-0.4, -0.2) is 24.2 Å². The molecule has 0 aliphatic rings. The van der Waals surface area contributed by atoms with Crippen LogP contribution in [0.15, 0.2) is 16.5 Å². The highest BCUT2D eigenvalue weighted by molar-refractivity contribution is 5.69. The minimum absolute atomic E-state index is 0.0247.